The molecule has 1 heterocycles. The van der Waals surface area contributed by atoms with Crippen molar-refractivity contribution >= 4 is 22.5 Å². The number of hydrogen-bond donors (Lipinski definition) is 0. The molecule has 4 rings (SSSR count). The van der Waals surface area contributed by atoms with E-state index in [1.54, 1.807) is 12.1 Å². The van der Waals surface area contributed by atoms with Crippen LogP contribution in [-0.2, 0) is 0 Å². The molecule has 2 nitrogen and oxygen atoms in total. The Hall–Kier alpha value is -2.06. The minimum absolute atomic E-state index is 0.0532. The summed E-state index contributed by atoms with van der Waals surface area (Å²) in [5.41, 5.74) is 3.05. The second kappa shape index (κ2) is 4.74. The first kappa shape index (κ1) is 12.7. The molecule has 0 radical (unpaired) electrons. The molecule has 0 unspecified atom stereocenters. The monoisotopic (exact) mass is 295 g/mol. The summed E-state index contributed by atoms with van der Waals surface area (Å²) in [5.74, 6) is 0. The maximum Gasteiger partial charge on any atom is 0.190 e. The van der Waals surface area contributed by atoms with E-state index in [0.29, 0.717) is 11.1 Å². The average molecular weight is 296 g/mol. The zero-order chi connectivity index (χ0) is 14.4. The summed E-state index contributed by atoms with van der Waals surface area (Å²) < 4.78 is 2.28. The predicted octanol–water partition coefficient (Wildman–Crippen LogP) is 4.66. The van der Waals surface area contributed by atoms with Gasteiger partial charge >= 0.3 is 0 Å². The number of benzene rings is 2. The highest BCUT2D eigenvalue weighted by molar-refractivity contribution is 6.31. The Bertz CT molecular complexity index is 879. The molecular formula is C18H14ClNO. The third kappa shape index (κ3) is 2.16. The molecule has 0 N–H and O–H groups in total. The van der Waals surface area contributed by atoms with E-state index in [0.717, 1.165) is 35.0 Å². The normalized spacial score (nSPS) is 14.5. The van der Waals surface area contributed by atoms with Crippen LogP contribution in [0.3, 0.4) is 0 Å². The third-order valence-electron chi connectivity index (χ3n) is 3.99. The lowest BCUT2D eigenvalue weighted by Crippen LogP contribution is -2.11. The molecule has 1 aromatic heterocycles. The highest BCUT2D eigenvalue weighted by Crippen LogP contribution is 2.40. The van der Waals surface area contributed by atoms with Crippen LogP contribution in [0, 0.1) is 0 Å². The number of rotatable bonds is 2. The molecule has 0 spiro atoms. The molecule has 21 heavy (non-hydrogen) atoms. The molecule has 104 valence electrons. The summed E-state index contributed by atoms with van der Waals surface area (Å²) in [6.45, 7) is 0. The Kier molecular flexibility index (Phi) is 2.86. The summed E-state index contributed by atoms with van der Waals surface area (Å²) >= 11 is 6.15. The number of hydrogen-bond acceptors (Lipinski definition) is 1. The van der Waals surface area contributed by atoms with Crippen LogP contribution >= 0.6 is 11.6 Å². The maximum absolute atomic E-state index is 12.4. The number of pyridine rings is 1. The van der Waals surface area contributed by atoms with Crippen molar-refractivity contribution in [2.75, 3.05) is 0 Å². The van der Waals surface area contributed by atoms with Crippen molar-refractivity contribution in [3.8, 4) is 11.3 Å². The van der Waals surface area contributed by atoms with Crippen LogP contribution in [0.25, 0.3) is 22.2 Å². The first-order valence-corrected chi connectivity index (χ1v) is 7.52. The quantitative estimate of drug-likeness (QED) is 0.674. The minimum Gasteiger partial charge on any atom is -0.337 e. The lowest BCUT2D eigenvalue weighted by Gasteiger charge is -2.17. The second-order valence-electron chi connectivity index (χ2n) is 5.52. The smallest absolute Gasteiger partial charge is 0.190 e. The van der Waals surface area contributed by atoms with Crippen LogP contribution in [0.1, 0.15) is 18.9 Å². The highest BCUT2D eigenvalue weighted by atomic mass is 35.5. The van der Waals surface area contributed by atoms with E-state index in [2.05, 4.69) is 4.57 Å². The van der Waals surface area contributed by atoms with Crippen molar-refractivity contribution in [1.82, 2.24) is 4.57 Å². The first-order valence-electron chi connectivity index (χ1n) is 7.14. The lowest BCUT2D eigenvalue weighted by atomic mass is 10.1. The summed E-state index contributed by atoms with van der Waals surface area (Å²) in [4.78, 5) is 12.4. The second-order valence-corrected chi connectivity index (χ2v) is 5.96. The Labute approximate surface area is 127 Å². The van der Waals surface area contributed by atoms with E-state index in [1.807, 2.05) is 42.5 Å². The van der Waals surface area contributed by atoms with E-state index in [-0.39, 0.29) is 5.43 Å². The largest absolute Gasteiger partial charge is 0.337 e. The van der Waals surface area contributed by atoms with Crippen molar-refractivity contribution in [2.45, 2.75) is 18.9 Å². The van der Waals surface area contributed by atoms with Gasteiger partial charge in [-0.3, -0.25) is 4.79 Å². The fourth-order valence-corrected chi connectivity index (χ4v) is 3.04. The van der Waals surface area contributed by atoms with E-state index >= 15 is 0 Å². The summed E-state index contributed by atoms with van der Waals surface area (Å²) in [5, 5.41) is 1.41. The summed E-state index contributed by atoms with van der Waals surface area (Å²) in [6, 6.07) is 17.8. The van der Waals surface area contributed by atoms with E-state index in [1.165, 1.54) is 0 Å². The zero-order valence-corrected chi connectivity index (χ0v) is 12.2. The minimum atomic E-state index is 0.0532. The molecule has 0 aliphatic heterocycles. The molecule has 1 aliphatic carbocycles. The van der Waals surface area contributed by atoms with E-state index in [4.69, 9.17) is 11.6 Å². The van der Waals surface area contributed by atoms with Crippen molar-refractivity contribution in [2.24, 2.45) is 0 Å². The topological polar surface area (TPSA) is 22.0 Å². The highest BCUT2D eigenvalue weighted by Gasteiger charge is 2.27. The summed E-state index contributed by atoms with van der Waals surface area (Å²) in [6.07, 6.45) is 2.31. The first-order chi connectivity index (χ1) is 10.2. The lowest BCUT2D eigenvalue weighted by molar-refractivity contribution is 0.775. The van der Waals surface area contributed by atoms with E-state index < -0.39 is 0 Å². The van der Waals surface area contributed by atoms with Crippen LogP contribution < -0.4 is 5.43 Å². The van der Waals surface area contributed by atoms with Gasteiger partial charge in [0.1, 0.15) is 0 Å². The fourth-order valence-electron chi connectivity index (χ4n) is 2.87. The van der Waals surface area contributed by atoms with Crippen LogP contribution in [-0.4, -0.2) is 4.57 Å². The molecule has 0 atom stereocenters. The SMILES string of the molecule is O=c1cc(-c2ccccc2)n(C2CC2)c2cc(Cl)ccc12. The fraction of sp³-hybridized carbons (Fsp3) is 0.167. The van der Waals surface area contributed by atoms with Gasteiger partial charge < -0.3 is 4.57 Å². The van der Waals surface area contributed by atoms with Gasteiger partial charge in [-0.1, -0.05) is 41.9 Å². The number of halogens is 1. The number of aromatic nitrogens is 1. The summed E-state index contributed by atoms with van der Waals surface area (Å²) in [7, 11) is 0. The van der Waals surface area contributed by atoms with Gasteiger partial charge in [0.2, 0.25) is 0 Å². The van der Waals surface area contributed by atoms with Gasteiger partial charge in [-0.25, -0.2) is 0 Å². The molecule has 0 saturated heterocycles. The van der Waals surface area contributed by atoms with Crippen LogP contribution in [0.2, 0.25) is 5.02 Å². The van der Waals surface area contributed by atoms with Crippen molar-refractivity contribution in [3.63, 3.8) is 0 Å². The van der Waals surface area contributed by atoms with Gasteiger partial charge in [0, 0.05) is 22.5 Å². The Morgan fingerprint density at radius 2 is 1.76 bits per heavy atom. The van der Waals surface area contributed by atoms with Gasteiger partial charge in [-0.15, -0.1) is 0 Å². The number of nitrogens with zero attached hydrogens (tertiary/aromatic N) is 1. The molecule has 2 aromatic carbocycles. The van der Waals surface area contributed by atoms with Gasteiger partial charge in [0.25, 0.3) is 0 Å². The van der Waals surface area contributed by atoms with Gasteiger partial charge in [0.15, 0.2) is 5.43 Å². The molecule has 0 bridgehead atoms. The van der Waals surface area contributed by atoms with Gasteiger partial charge in [-0.2, -0.15) is 0 Å². The van der Waals surface area contributed by atoms with Crippen LogP contribution in [0.5, 0.6) is 0 Å². The molecule has 1 fully saturated rings. The van der Waals surface area contributed by atoms with Crippen LogP contribution in [0.15, 0.2) is 59.4 Å². The van der Waals surface area contributed by atoms with Crippen LogP contribution in [0.4, 0.5) is 0 Å². The van der Waals surface area contributed by atoms with E-state index in [9.17, 15) is 4.79 Å². The maximum atomic E-state index is 12.4. The Morgan fingerprint density at radius 1 is 1.00 bits per heavy atom. The van der Waals surface area contributed by atoms with Gasteiger partial charge in [-0.05, 0) is 36.6 Å². The van der Waals surface area contributed by atoms with Crippen molar-refractivity contribution in [1.29, 1.82) is 0 Å². The molecule has 3 heteroatoms. The molecule has 0 amide bonds. The molecule has 3 aromatic rings. The Morgan fingerprint density at radius 3 is 2.48 bits per heavy atom. The zero-order valence-electron chi connectivity index (χ0n) is 11.4. The van der Waals surface area contributed by atoms with Crippen molar-refractivity contribution < 1.29 is 0 Å². The molecular weight excluding hydrogens is 282 g/mol. The Balaban J connectivity index is 2.11. The standard InChI is InChI=1S/C18H14ClNO/c19-13-6-9-15-17(10-13)20(14-7-8-14)16(11-18(15)21)12-4-2-1-3-5-12/h1-6,9-11,14H,7-8H2. The number of fused-ring (bicyclic) bond motifs is 1. The molecule has 1 aliphatic rings. The third-order valence-corrected chi connectivity index (χ3v) is 4.23. The van der Waals surface area contributed by atoms with Gasteiger partial charge in [0.05, 0.1) is 11.2 Å². The van der Waals surface area contributed by atoms with Crippen molar-refractivity contribution in [3.05, 3.63) is 69.8 Å². The average Bonchev–Trinajstić information content (AvgIpc) is 3.32. The molecule has 1 saturated carbocycles. The predicted molar refractivity (Wildman–Crippen MR) is 86.9 cm³/mol.